The molecule has 2 heterocycles. The van der Waals surface area contributed by atoms with Gasteiger partial charge in [0.2, 0.25) is 5.91 Å². The van der Waals surface area contributed by atoms with Gasteiger partial charge in [-0.05, 0) is 18.7 Å². The lowest BCUT2D eigenvalue weighted by atomic mass is 10.1. The van der Waals surface area contributed by atoms with E-state index in [1.807, 2.05) is 19.2 Å². The topological polar surface area (TPSA) is 48.7 Å². The fraction of sp³-hybridized carbons (Fsp3) is 0.615. The van der Waals surface area contributed by atoms with E-state index in [-0.39, 0.29) is 5.91 Å². The summed E-state index contributed by atoms with van der Waals surface area (Å²) in [6.45, 7) is 6.00. The van der Waals surface area contributed by atoms with E-state index in [4.69, 9.17) is 4.42 Å². The fourth-order valence-electron chi connectivity index (χ4n) is 2.05. The van der Waals surface area contributed by atoms with E-state index in [9.17, 15) is 4.79 Å². The van der Waals surface area contributed by atoms with E-state index in [2.05, 4.69) is 17.1 Å². The lowest BCUT2D eigenvalue weighted by molar-refractivity contribution is -0.132. The van der Waals surface area contributed by atoms with Crippen molar-refractivity contribution >= 4 is 5.91 Å². The quantitative estimate of drug-likeness (QED) is 0.801. The highest BCUT2D eigenvalue weighted by molar-refractivity contribution is 5.78. The van der Waals surface area contributed by atoms with Crippen molar-refractivity contribution in [3.63, 3.8) is 0 Å². The van der Waals surface area contributed by atoms with Gasteiger partial charge < -0.3 is 14.6 Å². The Labute approximate surface area is 108 Å². The Morgan fingerprint density at radius 1 is 1.56 bits per heavy atom. The van der Waals surface area contributed by atoms with Gasteiger partial charge in [0.05, 0.1) is 19.4 Å². The minimum atomic E-state index is 0.139. The molecule has 2 rings (SSSR count). The third kappa shape index (κ3) is 3.11. The van der Waals surface area contributed by atoms with Crippen LogP contribution in [0, 0.1) is 0 Å². The standard InChI is InChI=1S/C13H21N3O2/c1-3-16(11-7-14-8-11)10-13(17)15(2)9-12-5-4-6-18-12/h4-6,11,14H,3,7-10H2,1-2H3. The van der Waals surface area contributed by atoms with E-state index < -0.39 is 0 Å². The third-order valence-electron chi connectivity index (χ3n) is 3.42. The van der Waals surface area contributed by atoms with Gasteiger partial charge >= 0.3 is 0 Å². The largest absolute Gasteiger partial charge is 0.467 e. The Hall–Kier alpha value is -1.33. The van der Waals surface area contributed by atoms with Gasteiger partial charge in [0.15, 0.2) is 0 Å². The zero-order valence-corrected chi connectivity index (χ0v) is 11.1. The molecule has 0 radical (unpaired) electrons. The molecule has 0 spiro atoms. The summed E-state index contributed by atoms with van der Waals surface area (Å²) in [6, 6.07) is 4.24. The highest BCUT2D eigenvalue weighted by atomic mass is 16.3. The van der Waals surface area contributed by atoms with Crippen molar-refractivity contribution in [1.29, 1.82) is 0 Å². The number of hydrogen-bond donors (Lipinski definition) is 1. The maximum absolute atomic E-state index is 12.1. The minimum absolute atomic E-state index is 0.139. The molecule has 1 amide bonds. The Morgan fingerprint density at radius 2 is 2.33 bits per heavy atom. The highest BCUT2D eigenvalue weighted by Crippen LogP contribution is 2.07. The minimum Gasteiger partial charge on any atom is -0.467 e. The van der Waals surface area contributed by atoms with Gasteiger partial charge in [-0.1, -0.05) is 6.92 Å². The van der Waals surface area contributed by atoms with Crippen LogP contribution < -0.4 is 5.32 Å². The molecule has 0 atom stereocenters. The molecule has 5 nitrogen and oxygen atoms in total. The van der Waals surface area contributed by atoms with E-state index in [0.29, 0.717) is 19.1 Å². The summed E-state index contributed by atoms with van der Waals surface area (Å²) in [5.41, 5.74) is 0. The predicted molar refractivity (Wildman–Crippen MR) is 69.1 cm³/mol. The number of furan rings is 1. The molecule has 5 heteroatoms. The Kier molecular flexibility index (Phi) is 4.38. The molecule has 0 bridgehead atoms. The van der Waals surface area contributed by atoms with Crippen LogP contribution in [0.3, 0.4) is 0 Å². The van der Waals surface area contributed by atoms with E-state index in [1.54, 1.807) is 11.2 Å². The number of likely N-dealkylation sites (N-methyl/N-ethyl adjacent to an activating group) is 2. The van der Waals surface area contributed by atoms with Crippen LogP contribution in [0.2, 0.25) is 0 Å². The average Bonchev–Trinajstić information content (AvgIpc) is 2.78. The summed E-state index contributed by atoms with van der Waals surface area (Å²) >= 11 is 0. The second-order valence-corrected chi connectivity index (χ2v) is 4.70. The maximum Gasteiger partial charge on any atom is 0.236 e. The number of nitrogens with zero attached hydrogens (tertiary/aromatic N) is 2. The van der Waals surface area contributed by atoms with Crippen molar-refractivity contribution in [2.24, 2.45) is 0 Å². The van der Waals surface area contributed by atoms with Crippen LogP contribution in [0.1, 0.15) is 12.7 Å². The summed E-state index contributed by atoms with van der Waals surface area (Å²) in [4.78, 5) is 16.0. The molecule has 18 heavy (non-hydrogen) atoms. The van der Waals surface area contributed by atoms with Crippen LogP contribution in [-0.2, 0) is 11.3 Å². The summed E-state index contributed by atoms with van der Waals surface area (Å²) < 4.78 is 5.25. The van der Waals surface area contributed by atoms with Crippen molar-refractivity contribution < 1.29 is 9.21 Å². The zero-order chi connectivity index (χ0) is 13.0. The van der Waals surface area contributed by atoms with Crippen LogP contribution in [0.5, 0.6) is 0 Å². The molecule has 1 fully saturated rings. The molecule has 0 aliphatic carbocycles. The lowest BCUT2D eigenvalue weighted by Crippen LogP contribution is -2.58. The van der Waals surface area contributed by atoms with Crippen molar-refractivity contribution in [1.82, 2.24) is 15.1 Å². The number of nitrogens with one attached hydrogen (secondary N) is 1. The van der Waals surface area contributed by atoms with Gasteiger partial charge in [-0.2, -0.15) is 0 Å². The van der Waals surface area contributed by atoms with Crippen LogP contribution in [-0.4, -0.2) is 55.0 Å². The van der Waals surface area contributed by atoms with Crippen LogP contribution in [0.15, 0.2) is 22.8 Å². The molecule has 100 valence electrons. The number of hydrogen-bond acceptors (Lipinski definition) is 4. The molecule has 1 aromatic heterocycles. The highest BCUT2D eigenvalue weighted by Gasteiger charge is 2.25. The van der Waals surface area contributed by atoms with Crippen molar-refractivity contribution in [3.05, 3.63) is 24.2 Å². The van der Waals surface area contributed by atoms with Gasteiger partial charge in [-0.15, -0.1) is 0 Å². The molecular formula is C13H21N3O2. The van der Waals surface area contributed by atoms with Crippen LogP contribution in [0.4, 0.5) is 0 Å². The second-order valence-electron chi connectivity index (χ2n) is 4.70. The first-order valence-electron chi connectivity index (χ1n) is 6.41. The number of rotatable bonds is 6. The number of carbonyl (C=O) groups is 1. The molecule has 1 aliphatic rings. The maximum atomic E-state index is 12.1. The van der Waals surface area contributed by atoms with Gasteiger partial charge in [0.25, 0.3) is 0 Å². The Balaban J connectivity index is 1.82. The van der Waals surface area contributed by atoms with Crippen molar-refractivity contribution in [2.75, 3.05) is 33.2 Å². The number of amides is 1. The third-order valence-corrected chi connectivity index (χ3v) is 3.42. The summed E-state index contributed by atoms with van der Waals surface area (Å²) in [6.07, 6.45) is 1.63. The van der Waals surface area contributed by atoms with Gasteiger partial charge in [0, 0.05) is 26.2 Å². The van der Waals surface area contributed by atoms with E-state index >= 15 is 0 Å². The van der Waals surface area contributed by atoms with Crippen molar-refractivity contribution in [2.45, 2.75) is 19.5 Å². The first kappa shape index (κ1) is 13.1. The SMILES string of the molecule is CCN(CC(=O)N(C)Cc1ccco1)C1CNC1. The molecule has 0 aromatic carbocycles. The summed E-state index contributed by atoms with van der Waals surface area (Å²) in [5, 5.41) is 3.23. The average molecular weight is 251 g/mol. The molecular weight excluding hydrogens is 230 g/mol. The van der Waals surface area contributed by atoms with E-state index in [1.165, 1.54) is 0 Å². The van der Waals surface area contributed by atoms with E-state index in [0.717, 1.165) is 25.4 Å². The molecule has 1 aromatic rings. The monoisotopic (exact) mass is 251 g/mol. The first-order valence-corrected chi connectivity index (χ1v) is 6.41. The van der Waals surface area contributed by atoms with Gasteiger partial charge in [-0.3, -0.25) is 9.69 Å². The van der Waals surface area contributed by atoms with Crippen LogP contribution in [0.25, 0.3) is 0 Å². The van der Waals surface area contributed by atoms with Crippen molar-refractivity contribution in [3.8, 4) is 0 Å². The van der Waals surface area contributed by atoms with Crippen LogP contribution >= 0.6 is 0 Å². The molecule has 1 saturated heterocycles. The van der Waals surface area contributed by atoms with Gasteiger partial charge in [0.1, 0.15) is 5.76 Å². The Bertz CT molecular complexity index is 374. The number of carbonyl (C=O) groups excluding carboxylic acids is 1. The molecule has 0 saturated carbocycles. The summed E-state index contributed by atoms with van der Waals surface area (Å²) in [5.74, 6) is 0.958. The van der Waals surface area contributed by atoms with Gasteiger partial charge in [-0.25, -0.2) is 0 Å². The normalized spacial score (nSPS) is 15.7. The first-order chi connectivity index (χ1) is 8.70. The summed E-state index contributed by atoms with van der Waals surface area (Å²) in [7, 11) is 1.82. The predicted octanol–water partition coefficient (Wildman–Crippen LogP) is 0.532. The second kappa shape index (κ2) is 6.02. The fourth-order valence-corrected chi connectivity index (χ4v) is 2.05. The lowest BCUT2D eigenvalue weighted by Gasteiger charge is -2.37. The molecule has 1 N–H and O–H groups in total. The Morgan fingerprint density at radius 3 is 2.83 bits per heavy atom. The molecule has 0 unspecified atom stereocenters. The molecule has 1 aliphatic heterocycles. The smallest absolute Gasteiger partial charge is 0.236 e. The zero-order valence-electron chi connectivity index (χ0n) is 11.1.